The topological polar surface area (TPSA) is 151 Å². The number of nitrogens with one attached hydrogen (secondary N) is 2. The van der Waals surface area contributed by atoms with Gasteiger partial charge in [0, 0.05) is 55.6 Å². The van der Waals surface area contributed by atoms with E-state index in [2.05, 4.69) is 41.3 Å². The van der Waals surface area contributed by atoms with E-state index in [0.717, 1.165) is 32.3 Å². The van der Waals surface area contributed by atoms with E-state index in [1.165, 1.54) is 18.2 Å². The lowest BCUT2D eigenvalue weighted by Gasteiger charge is -2.22. The summed E-state index contributed by atoms with van der Waals surface area (Å²) in [5.41, 5.74) is 5.79. The van der Waals surface area contributed by atoms with Gasteiger partial charge in [-0.1, -0.05) is 48.5 Å². The van der Waals surface area contributed by atoms with Crippen molar-refractivity contribution in [2.45, 2.75) is 33.2 Å². The number of carboxylic acid groups (broad SMARTS) is 1. The highest BCUT2D eigenvalue weighted by Gasteiger charge is 2.32. The van der Waals surface area contributed by atoms with Crippen molar-refractivity contribution in [3.8, 4) is 22.2 Å². The number of rotatable bonds is 8. The molecule has 0 fully saturated rings. The number of nitrogens with zero attached hydrogens (tertiary/aromatic N) is 4. The maximum absolute atomic E-state index is 13.6. The predicted octanol–water partition coefficient (Wildman–Crippen LogP) is 6.91. The number of hydrogen-bond donors (Lipinski definition) is 4. The van der Waals surface area contributed by atoms with Gasteiger partial charge < -0.3 is 25.6 Å². The predicted molar refractivity (Wildman–Crippen MR) is 222 cm³/mol. The summed E-state index contributed by atoms with van der Waals surface area (Å²) in [7, 11) is 0. The summed E-state index contributed by atoms with van der Waals surface area (Å²) in [4.78, 5) is 32.7. The van der Waals surface area contributed by atoms with Gasteiger partial charge in [-0.2, -0.15) is 0 Å². The number of ether oxygens (including phenoxy) is 1. The number of Topliss-reactive ketones (excluding diaryl/α,β-unsaturated/α-hetero) is 1. The van der Waals surface area contributed by atoms with E-state index in [0.29, 0.717) is 61.0 Å². The second kappa shape index (κ2) is 14.5. The smallest absolute Gasteiger partial charge is 0.336 e. The van der Waals surface area contributed by atoms with Crippen LogP contribution in [-0.2, 0) is 4.79 Å². The molecule has 56 heavy (non-hydrogen) atoms. The molecule has 2 aliphatic heterocycles. The van der Waals surface area contributed by atoms with Crippen LogP contribution < -0.4 is 25.8 Å². The Balaban J connectivity index is 1.04. The SMILES string of the molecule is C=c1ccc2c(c1)Oc1cc(O)ccc1C=2c1ccc(NC(=S)NCC(=O)C[C@@H]2N=C(c3ccc(Cl)cc3)c3c(sc(C)c3C)-n3c(C)nnc32)cc1C(=O)O. The number of carboxylic acids is 1. The van der Waals surface area contributed by atoms with Crippen molar-refractivity contribution in [2.75, 3.05) is 11.9 Å². The Kier molecular flexibility index (Phi) is 9.53. The van der Waals surface area contributed by atoms with Crippen LogP contribution in [0.25, 0.3) is 17.2 Å². The number of aromatic hydroxyl groups is 1. The standard InChI is InChI=1S/C42H33ClN6O5S2/c1-20-5-12-30-34(15-20)54-35-18-27(50)11-14-31(35)37(30)29-13-10-26(16-32(29)41(52)53)45-42(55)44-19-28(51)17-33-39-48-47-23(4)49(39)40-36(21(2)22(3)56-40)38(46-33)24-6-8-25(43)9-7-24/h5-16,18,33,50H,1,17,19H2,2-4H3,(H,52,53)(H2,44,45,55)/t33-/m0/s1. The molecule has 2 aliphatic rings. The molecule has 4 heterocycles. The highest BCUT2D eigenvalue weighted by atomic mass is 35.5. The first-order chi connectivity index (χ1) is 26.9. The minimum atomic E-state index is -1.16. The van der Waals surface area contributed by atoms with Gasteiger partial charge in [0.25, 0.3) is 0 Å². The number of ketones is 1. The van der Waals surface area contributed by atoms with Crippen molar-refractivity contribution in [3.63, 3.8) is 0 Å². The molecule has 0 bridgehead atoms. The first kappa shape index (κ1) is 36.8. The number of aryl methyl sites for hydroxylation is 2. The molecular weight excluding hydrogens is 768 g/mol. The number of hydrogen-bond acceptors (Lipinski definition) is 9. The zero-order chi connectivity index (χ0) is 39.4. The Bertz CT molecular complexity index is 2790. The van der Waals surface area contributed by atoms with Crippen molar-refractivity contribution < 1.29 is 24.5 Å². The Morgan fingerprint density at radius 2 is 1.75 bits per heavy atom. The molecule has 14 heteroatoms. The van der Waals surface area contributed by atoms with E-state index in [-0.39, 0.29) is 35.2 Å². The third-order valence-electron chi connectivity index (χ3n) is 9.77. The first-order valence-electron chi connectivity index (χ1n) is 17.5. The van der Waals surface area contributed by atoms with E-state index in [1.807, 2.05) is 47.9 Å². The van der Waals surface area contributed by atoms with Crippen molar-refractivity contribution in [1.29, 1.82) is 0 Å². The summed E-state index contributed by atoms with van der Waals surface area (Å²) in [6.07, 6.45) is 0.0221. The van der Waals surface area contributed by atoms with E-state index >= 15 is 0 Å². The number of carbonyl (C=O) groups is 2. The Morgan fingerprint density at radius 1 is 0.982 bits per heavy atom. The number of anilines is 1. The van der Waals surface area contributed by atoms with Crippen LogP contribution >= 0.6 is 35.2 Å². The summed E-state index contributed by atoms with van der Waals surface area (Å²) in [5, 5.41) is 38.5. The number of benzene rings is 4. The van der Waals surface area contributed by atoms with Gasteiger partial charge in [0.05, 0.1) is 17.8 Å². The lowest BCUT2D eigenvalue weighted by atomic mass is 9.89. The Hall–Kier alpha value is -6.15. The maximum Gasteiger partial charge on any atom is 0.336 e. The van der Waals surface area contributed by atoms with E-state index in [9.17, 15) is 19.8 Å². The van der Waals surface area contributed by atoms with E-state index < -0.39 is 12.0 Å². The van der Waals surface area contributed by atoms with Crippen molar-refractivity contribution in [1.82, 2.24) is 20.1 Å². The number of thiophene rings is 1. The number of fused-ring (bicyclic) bond motifs is 5. The van der Waals surface area contributed by atoms with Crippen molar-refractivity contribution >= 4 is 75.6 Å². The van der Waals surface area contributed by atoms with Crippen LogP contribution in [-0.4, -0.2) is 54.1 Å². The lowest BCUT2D eigenvalue weighted by molar-refractivity contribution is -0.118. The number of aromatic nitrogens is 3. The summed E-state index contributed by atoms with van der Waals surface area (Å²) in [5.74, 6) is 0.830. The van der Waals surface area contributed by atoms with Gasteiger partial charge in [-0.25, -0.2) is 4.79 Å². The number of aliphatic imine (C=N–C) groups is 1. The Labute approximate surface area is 335 Å². The van der Waals surface area contributed by atoms with E-state index in [1.54, 1.807) is 35.6 Å². The molecule has 0 unspecified atom stereocenters. The van der Waals surface area contributed by atoms with Crippen LogP contribution in [0.1, 0.15) is 67.2 Å². The average Bonchev–Trinajstić information content (AvgIpc) is 3.64. The second-order valence-corrected chi connectivity index (χ2v) is 15.6. The van der Waals surface area contributed by atoms with Gasteiger partial charge in [-0.15, -0.1) is 21.5 Å². The normalized spacial score (nSPS) is 14.0. The van der Waals surface area contributed by atoms with Crippen LogP contribution in [0.3, 0.4) is 0 Å². The maximum atomic E-state index is 13.6. The van der Waals surface area contributed by atoms with Crippen LogP contribution in [0.15, 0.2) is 83.9 Å². The molecule has 11 nitrogen and oxygen atoms in total. The molecule has 4 N–H and O–H groups in total. The van der Waals surface area contributed by atoms with Crippen molar-refractivity contribution in [3.05, 3.63) is 144 Å². The molecule has 0 spiro atoms. The molecular formula is C42H33ClN6O5S2. The fourth-order valence-electron chi connectivity index (χ4n) is 7.00. The van der Waals surface area contributed by atoms with Gasteiger partial charge in [0.15, 0.2) is 16.7 Å². The fourth-order valence-corrected chi connectivity index (χ4v) is 8.53. The number of thiocarbonyl (C=S) groups is 1. The summed E-state index contributed by atoms with van der Waals surface area (Å²) < 4.78 is 8.07. The molecule has 0 saturated heterocycles. The molecule has 4 aromatic carbocycles. The third-order valence-corrected chi connectivity index (χ3v) is 11.5. The van der Waals surface area contributed by atoms with Gasteiger partial charge in [-0.3, -0.25) is 14.4 Å². The van der Waals surface area contributed by atoms with Gasteiger partial charge >= 0.3 is 5.97 Å². The van der Waals surface area contributed by atoms with Crippen molar-refractivity contribution in [2.24, 2.45) is 4.99 Å². The summed E-state index contributed by atoms with van der Waals surface area (Å²) >= 11 is 13.4. The molecule has 0 aliphatic carbocycles. The Morgan fingerprint density at radius 3 is 2.52 bits per heavy atom. The first-order valence-corrected chi connectivity index (χ1v) is 19.1. The average molecular weight is 801 g/mol. The highest BCUT2D eigenvalue weighted by molar-refractivity contribution is 7.80. The van der Waals surface area contributed by atoms with Crippen LogP contribution in [0.2, 0.25) is 5.02 Å². The number of aromatic carboxylic acids is 1. The zero-order valence-corrected chi connectivity index (χ0v) is 32.7. The molecule has 280 valence electrons. The van der Waals surface area contributed by atoms with E-state index in [4.69, 9.17) is 33.5 Å². The monoisotopic (exact) mass is 800 g/mol. The summed E-state index contributed by atoms with van der Waals surface area (Å²) in [6, 6.07) is 21.9. The molecule has 6 aromatic rings. The number of phenolic OH excluding ortho intramolecular Hbond substituents is 1. The second-order valence-electron chi connectivity index (χ2n) is 13.5. The minimum absolute atomic E-state index is 0.00974. The minimum Gasteiger partial charge on any atom is -0.508 e. The van der Waals surface area contributed by atoms with Gasteiger partial charge in [-0.05, 0) is 91.8 Å². The molecule has 2 aromatic heterocycles. The number of carbonyl (C=O) groups excluding carboxylic acids is 1. The van der Waals surface area contributed by atoms with Crippen LogP contribution in [0.4, 0.5) is 5.69 Å². The van der Waals surface area contributed by atoms with Gasteiger partial charge in [0.1, 0.15) is 34.1 Å². The van der Waals surface area contributed by atoms with Crippen LogP contribution in [0, 0.1) is 20.8 Å². The molecule has 0 saturated carbocycles. The van der Waals surface area contributed by atoms with Gasteiger partial charge in [0.2, 0.25) is 0 Å². The lowest BCUT2D eigenvalue weighted by Crippen LogP contribution is -2.33. The quantitative estimate of drug-likeness (QED) is 0.119. The molecule has 0 radical (unpaired) electrons. The third kappa shape index (κ3) is 6.74. The molecule has 8 rings (SSSR count). The number of phenols is 1. The van der Waals surface area contributed by atoms with Crippen LogP contribution in [0.5, 0.6) is 17.2 Å². The molecule has 1 atom stereocenters. The highest BCUT2D eigenvalue weighted by Crippen LogP contribution is 2.41. The zero-order valence-electron chi connectivity index (χ0n) is 30.3. The molecule has 0 amide bonds. The number of halogens is 1. The summed E-state index contributed by atoms with van der Waals surface area (Å²) in [6.45, 7) is 9.90. The largest absolute Gasteiger partial charge is 0.508 e. The fraction of sp³-hybridized carbons (Fsp3) is 0.143.